The van der Waals surface area contributed by atoms with Gasteiger partial charge in [-0.1, -0.05) is 17.4 Å². The third kappa shape index (κ3) is 4.21. The molecule has 1 amide bonds. The van der Waals surface area contributed by atoms with Gasteiger partial charge in [0.1, 0.15) is 0 Å². The quantitative estimate of drug-likeness (QED) is 0.629. The van der Waals surface area contributed by atoms with E-state index >= 15 is 0 Å². The van der Waals surface area contributed by atoms with Crippen LogP contribution >= 0.6 is 11.3 Å². The van der Waals surface area contributed by atoms with Crippen molar-refractivity contribution in [3.05, 3.63) is 58.7 Å². The summed E-state index contributed by atoms with van der Waals surface area (Å²) in [5.41, 5.74) is 4.39. The Bertz CT molecular complexity index is 1090. The first-order chi connectivity index (χ1) is 14.6. The highest BCUT2D eigenvalue weighted by Crippen LogP contribution is 2.32. The van der Waals surface area contributed by atoms with Crippen LogP contribution in [-0.4, -0.2) is 55.2 Å². The molecule has 1 fully saturated rings. The van der Waals surface area contributed by atoms with Crippen LogP contribution in [-0.2, 0) is 4.74 Å². The molecule has 2 aromatic carbocycles. The van der Waals surface area contributed by atoms with Crippen LogP contribution in [0.15, 0.2) is 36.4 Å². The molecule has 0 N–H and O–H groups in total. The number of aromatic nitrogens is 1. The first-order valence-corrected chi connectivity index (χ1v) is 10.9. The number of fused-ring (bicyclic) bond motifs is 1. The van der Waals surface area contributed by atoms with E-state index < -0.39 is 0 Å². The first kappa shape index (κ1) is 20.5. The molecule has 1 saturated heterocycles. The molecule has 154 valence electrons. The Labute approximate surface area is 180 Å². The van der Waals surface area contributed by atoms with Crippen LogP contribution in [0.5, 0.6) is 0 Å². The average molecular weight is 421 g/mol. The largest absolute Gasteiger partial charge is 0.379 e. The molecule has 0 spiro atoms. The van der Waals surface area contributed by atoms with E-state index in [0.29, 0.717) is 22.8 Å². The van der Waals surface area contributed by atoms with Crippen LogP contribution in [0.1, 0.15) is 27.0 Å². The number of carbonyl (C=O) groups is 1. The number of morpholine rings is 1. The van der Waals surface area contributed by atoms with Crippen molar-refractivity contribution in [3.8, 4) is 6.07 Å². The molecule has 0 unspecified atom stereocenters. The fourth-order valence-electron chi connectivity index (χ4n) is 3.52. The van der Waals surface area contributed by atoms with Crippen molar-refractivity contribution in [2.24, 2.45) is 0 Å². The molecule has 30 heavy (non-hydrogen) atoms. The van der Waals surface area contributed by atoms with Gasteiger partial charge in [-0.15, -0.1) is 0 Å². The SMILES string of the molecule is Cc1ccc2sc(N(CCN3CCOCC3)C(=O)c3ccc(C#N)cc3)nc2c1C. The summed E-state index contributed by atoms with van der Waals surface area (Å²) in [5, 5.41) is 9.75. The summed E-state index contributed by atoms with van der Waals surface area (Å²) >= 11 is 1.54. The number of amides is 1. The van der Waals surface area contributed by atoms with Crippen molar-refractivity contribution in [2.75, 3.05) is 44.3 Å². The van der Waals surface area contributed by atoms with Gasteiger partial charge in [0.2, 0.25) is 0 Å². The van der Waals surface area contributed by atoms with Crippen LogP contribution in [0.2, 0.25) is 0 Å². The number of ether oxygens (including phenoxy) is 1. The second kappa shape index (κ2) is 8.92. The Morgan fingerprint density at radius 1 is 1.20 bits per heavy atom. The number of carbonyl (C=O) groups excluding carboxylic acids is 1. The van der Waals surface area contributed by atoms with Crippen molar-refractivity contribution in [1.82, 2.24) is 9.88 Å². The van der Waals surface area contributed by atoms with E-state index in [9.17, 15) is 4.79 Å². The van der Waals surface area contributed by atoms with Crippen LogP contribution in [0.4, 0.5) is 5.13 Å². The molecule has 0 atom stereocenters. The van der Waals surface area contributed by atoms with E-state index in [1.807, 2.05) is 0 Å². The number of anilines is 1. The van der Waals surface area contributed by atoms with E-state index in [2.05, 4.69) is 36.9 Å². The van der Waals surface area contributed by atoms with Crippen molar-refractivity contribution in [1.29, 1.82) is 5.26 Å². The highest BCUT2D eigenvalue weighted by molar-refractivity contribution is 7.22. The molecule has 3 aromatic rings. The van der Waals surface area contributed by atoms with Gasteiger partial charge in [0.15, 0.2) is 5.13 Å². The molecule has 7 heteroatoms. The minimum Gasteiger partial charge on any atom is -0.379 e. The average Bonchev–Trinajstić information content (AvgIpc) is 3.22. The lowest BCUT2D eigenvalue weighted by Gasteiger charge is -2.29. The molecule has 0 saturated carbocycles. The molecule has 0 radical (unpaired) electrons. The predicted molar refractivity (Wildman–Crippen MR) is 119 cm³/mol. The highest BCUT2D eigenvalue weighted by atomic mass is 32.1. The lowest BCUT2D eigenvalue weighted by atomic mass is 10.1. The topological polar surface area (TPSA) is 69.5 Å². The number of nitrogens with zero attached hydrogens (tertiary/aromatic N) is 4. The molecule has 1 aliphatic rings. The first-order valence-electron chi connectivity index (χ1n) is 10.1. The number of benzene rings is 2. The summed E-state index contributed by atoms with van der Waals surface area (Å²) in [6, 6.07) is 13.1. The molecular weight excluding hydrogens is 396 g/mol. The van der Waals surface area contributed by atoms with Gasteiger partial charge in [-0.2, -0.15) is 5.26 Å². The third-order valence-electron chi connectivity index (χ3n) is 5.55. The number of thiazole rings is 1. The Kier molecular flexibility index (Phi) is 6.09. The van der Waals surface area contributed by atoms with Gasteiger partial charge in [0, 0.05) is 31.7 Å². The second-order valence-corrected chi connectivity index (χ2v) is 8.46. The molecule has 0 aliphatic carbocycles. The number of rotatable bonds is 5. The van der Waals surface area contributed by atoms with E-state index in [4.69, 9.17) is 15.0 Å². The van der Waals surface area contributed by atoms with Crippen molar-refractivity contribution in [3.63, 3.8) is 0 Å². The van der Waals surface area contributed by atoms with Crippen LogP contribution in [0.3, 0.4) is 0 Å². The van der Waals surface area contributed by atoms with Gasteiger partial charge >= 0.3 is 0 Å². The molecule has 1 aromatic heterocycles. The molecule has 4 rings (SSSR count). The standard InChI is InChI=1S/C23H24N4O2S/c1-16-3-8-20-21(17(16)2)25-23(30-20)27(10-9-26-11-13-29-14-12-26)22(28)19-6-4-18(15-24)5-7-19/h3-8H,9-14H2,1-2H3. The van der Waals surface area contributed by atoms with Crippen LogP contribution < -0.4 is 4.90 Å². The maximum atomic E-state index is 13.4. The van der Waals surface area contributed by atoms with Gasteiger partial charge < -0.3 is 4.74 Å². The summed E-state index contributed by atoms with van der Waals surface area (Å²) in [4.78, 5) is 22.3. The van der Waals surface area contributed by atoms with Crippen LogP contribution in [0, 0.1) is 25.2 Å². The van der Waals surface area contributed by atoms with E-state index in [0.717, 1.165) is 48.6 Å². The molecule has 6 nitrogen and oxygen atoms in total. The predicted octanol–water partition coefficient (Wildman–Crippen LogP) is 3.76. The Morgan fingerprint density at radius 3 is 2.63 bits per heavy atom. The second-order valence-electron chi connectivity index (χ2n) is 7.45. The van der Waals surface area contributed by atoms with Crippen molar-refractivity contribution >= 4 is 32.6 Å². The van der Waals surface area contributed by atoms with Crippen LogP contribution in [0.25, 0.3) is 10.2 Å². The summed E-state index contributed by atoms with van der Waals surface area (Å²) in [6.45, 7) is 8.66. The molecule has 2 heterocycles. The van der Waals surface area contributed by atoms with Gasteiger partial charge in [-0.05, 0) is 55.3 Å². The zero-order chi connectivity index (χ0) is 21.1. The molecule has 0 bridgehead atoms. The van der Waals surface area contributed by atoms with Gasteiger partial charge in [0.05, 0.1) is 35.1 Å². The minimum absolute atomic E-state index is 0.0961. The number of aryl methyl sites for hydroxylation is 2. The smallest absolute Gasteiger partial charge is 0.260 e. The van der Waals surface area contributed by atoms with Crippen molar-refractivity contribution in [2.45, 2.75) is 13.8 Å². The third-order valence-corrected chi connectivity index (χ3v) is 6.60. The summed E-state index contributed by atoms with van der Waals surface area (Å²) in [5.74, 6) is -0.0961. The van der Waals surface area contributed by atoms with Gasteiger partial charge in [-0.25, -0.2) is 4.98 Å². The van der Waals surface area contributed by atoms with Gasteiger partial charge in [0.25, 0.3) is 5.91 Å². The summed E-state index contributed by atoms with van der Waals surface area (Å²) < 4.78 is 6.52. The monoisotopic (exact) mass is 420 g/mol. The Hall–Kier alpha value is -2.79. The lowest BCUT2D eigenvalue weighted by molar-refractivity contribution is 0.0391. The van der Waals surface area contributed by atoms with Crippen molar-refractivity contribution < 1.29 is 9.53 Å². The van der Waals surface area contributed by atoms with E-state index in [1.54, 1.807) is 40.5 Å². The number of hydrogen-bond acceptors (Lipinski definition) is 6. The Balaban J connectivity index is 1.66. The number of nitriles is 1. The maximum Gasteiger partial charge on any atom is 0.260 e. The maximum absolute atomic E-state index is 13.4. The fourth-order valence-corrected chi connectivity index (χ4v) is 4.57. The fraction of sp³-hybridized carbons (Fsp3) is 0.348. The summed E-state index contributed by atoms with van der Waals surface area (Å²) in [6.07, 6.45) is 0. The van der Waals surface area contributed by atoms with Gasteiger partial charge in [-0.3, -0.25) is 14.6 Å². The molecule has 1 aliphatic heterocycles. The number of hydrogen-bond donors (Lipinski definition) is 0. The zero-order valence-corrected chi connectivity index (χ0v) is 18.0. The Morgan fingerprint density at radius 2 is 1.93 bits per heavy atom. The van der Waals surface area contributed by atoms with E-state index in [1.165, 1.54) is 5.56 Å². The van der Waals surface area contributed by atoms with E-state index in [-0.39, 0.29) is 5.91 Å². The highest BCUT2D eigenvalue weighted by Gasteiger charge is 2.23. The molecular formula is C23H24N4O2S. The lowest BCUT2D eigenvalue weighted by Crippen LogP contribution is -2.43. The summed E-state index contributed by atoms with van der Waals surface area (Å²) in [7, 11) is 0. The normalized spacial score (nSPS) is 14.6. The minimum atomic E-state index is -0.0961. The zero-order valence-electron chi connectivity index (χ0n) is 17.2.